The van der Waals surface area contributed by atoms with Gasteiger partial charge in [0.05, 0.1) is 15.4 Å². The van der Waals surface area contributed by atoms with E-state index in [1.54, 1.807) is 0 Å². The first kappa shape index (κ1) is 23.4. The van der Waals surface area contributed by atoms with Crippen molar-refractivity contribution in [1.82, 2.24) is 0 Å². The first-order chi connectivity index (χ1) is 13.2. The van der Waals surface area contributed by atoms with Crippen molar-refractivity contribution in [2.45, 2.75) is 12.4 Å². The van der Waals surface area contributed by atoms with Crippen molar-refractivity contribution < 1.29 is 41.3 Å². The summed E-state index contributed by atoms with van der Waals surface area (Å²) in [5, 5.41) is 28.9. The van der Waals surface area contributed by atoms with Gasteiger partial charge < -0.3 is 5.11 Å². The van der Waals surface area contributed by atoms with E-state index in [2.05, 4.69) is 0 Å². The van der Waals surface area contributed by atoms with Crippen LogP contribution in [0.1, 0.15) is 16.7 Å². The Morgan fingerprint density at radius 2 is 1.52 bits per heavy atom. The van der Waals surface area contributed by atoms with Crippen LogP contribution in [0.3, 0.4) is 0 Å². The van der Waals surface area contributed by atoms with Gasteiger partial charge in [0.2, 0.25) is 6.20 Å². The monoisotopic (exact) mass is 424 g/mol. The number of alkyl halides is 6. The van der Waals surface area contributed by atoms with Gasteiger partial charge in [-0.2, -0.15) is 26.3 Å². The highest BCUT2D eigenvalue weighted by atomic mass is 19.4. The molecule has 7 nitrogen and oxygen atoms in total. The summed E-state index contributed by atoms with van der Waals surface area (Å²) in [5.41, 5.74) is -3.22. The van der Waals surface area contributed by atoms with Gasteiger partial charge in [0.25, 0.3) is 5.69 Å². The summed E-state index contributed by atoms with van der Waals surface area (Å²) in [6, 6.07) is 6.06. The fourth-order valence-electron chi connectivity index (χ4n) is 1.88. The fourth-order valence-corrected chi connectivity index (χ4v) is 1.88. The van der Waals surface area contributed by atoms with Crippen LogP contribution in [-0.2, 0) is 12.4 Å². The maximum atomic E-state index is 12.2. The summed E-state index contributed by atoms with van der Waals surface area (Å²) >= 11 is 0. The van der Waals surface area contributed by atoms with Crippen LogP contribution in [0.2, 0.25) is 0 Å². The van der Waals surface area contributed by atoms with Crippen molar-refractivity contribution in [3.8, 4) is 5.75 Å². The molecule has 0 aromatic heterocycles. The molecule has 2 aromatic rings. The van der Waals surface area contributed by atoms with Gasteiger partial charge in [-0.25, -0.2) is 0 Å². The zero-order chi connectivity index (χ0) is 22.4. The third kappa shape index (κ3) is 7.48. The van der Waals surface area contributed by atoms with Gasteiger partial charge in [-0.05, 0) is 29.8 Å². The van der Waals surface area contributed by atoms with Crippen LogP contribution in [-0.4, -0.2) is 15.0 Å². The molecule has 0 saturated heterocycles. The van der Waals surface area contributed by atoms with Crippen LogP contribution in [0.5, 0.6) is 5.75 Å². The highest BCUT2D eigenvalue weighted by molar-refractivity contribution is 5.49. The number of aromatic hydroxyl groups is 1. The number of rotatable bonds is 3. The van der Waals surface area contributed by atoms with E-state index >= 15 is 0 Å². The summed E-state index contributed by atoms with van der Waals surface area (Å²) in [5.74, 6) is -0.664. The van der Waals surface area contributed by atoms with Crippen LogP contribution in [0.4, 0.5) is 32.0 Å². The lowest BCUT2D eigenvalue weighted by atomic mass is 10.1. The lowest BCUT2D eigenvalue weighted by Gasteiger charge is -2.06. The highest BCUT2D eigenvalue weighted by Crippen LogP contribution is 2.37. The van der Waals surface area contributed by atoms with Crippen LogP contribution >= 0.6 is 0 Å². The standard InChI is InChI=1S/C9H6F3NO2.C7H4F3NO3/c10-9(11,12)8-3-1-2-7(6-8)4-5-13(14)15;8-7(9,10)5-3-4(12)1-2-6(5)11(13)14/h1-6H;1-3,12H/b5-4+;. The molecule has 0 atom stereocenters. The average molecular weight is 424 g/mol. The third-order valence-corrected chi connectivity index (χ3v) is 3.08. The number of phenols is 1. The molecule has 2 aromatic carbocycles. The predicted molar refractivity (Wildman–Crippen MR) is 87.2 cm³/mol. The molecular weight excluding hydrogens is 414 g/mol. The molecule has 1 N–H and O–H groups in total. The van der Waals surface area contributed by atoms with Gasteiger partial charge in [-0.15, -0.1) is 0 Å². The molecule has 0 heterocycles. The molecule has 2 rings (SSSR count). The first-order valence-corrected chi connectivity index (χ1v) is 7.25. The van der Waals surface area contributed by atoms with E-state index in [4.69, 9.17) is 5.11 Å². The number of nitro benzene ring substituents is 1. The van der Waals surface area contributed by atoms with E-state index in [-0.39, 0.29) is 5.56 Å². The largest absolute Gasteiger partial charge is 0.508 e. The van der Waals surface area contributed by atoms with E-state index in [1.807, 2.05) is 0 Å². The molecule has 29 heavy (non-hydrogen) atoms. The molecule has 0 radical (unpaired) electrons. The first-order valence-electron chi connectivity index (χ1n) is 7.25. The van der Waals surface area contributed by atoms with E-state index in [0.717, 1.165) is 24.3 Å². The van der Waals surface area contributed by atoms with Crippen LogP contribution in [0, 0.1) is 20.2 Å². The lowest BCUT2D eigenvalue weighted by Crippen LogP contribution is -2.08. The Balaban J connectivity index is 0.000000291. The Morgan fingerprint density at radius 3 is 2.00 bits per heavy atom. The number of nitro groups is 2. The van der Waals surface area contributed by atoms with Gasteiger partial charge in [0.1, 0.15) is 11.3 Å². The molecule has 13 heteroatoms. The summed E-state index contributed by atoms with van der Waals surface area (Å²) in [4.78, 5) is 18.3. The number of nitrogens with zero attached hydrogens (tertiary/aromatic N) is 2. The van der Waals surface area contributed by atoms with Crippen LogP contribution in [0.25, 0.3) is 6.08 Å². The van der Waals surface area contributed by atoms with Gasteiger partial charge >= 0.3 is 12.4 Å². The van der Waals surface area contributed by atoms with Gasteiger partial charge in [-0.1, -0.05) is 12.1 Å². The molecule has 0 bridgehead atoms. The Morgan fingerprint density at radius 1 is 0.897 bits per heavy atom. The fraction of sp³-hybridized carbons (Fsp3) is 0.125. The van der Waals surface area contributed by atoms with Crippen molar-refractivity contribution in [2.75, 3.05) is 0 Å². The summed E-state index contributed by atoms with van der Waals surface area (Å²) in [7, 11) is 0. The smallest absolute Gasteiger partial charge is 0.423 e. The molecule has 0 saturated carbocycles. The normalized spacial score (nSPS) is 11.7. The predicted octanol–water partition coefficient (Wildman–Crippen LogP) is 5.27. The second-order valence-electron chi connectivity index (χ2n) is 5.18. The van der Waals surface area contributed by atoms with Crippen molar-refractivity contribution >= 4 is 11.8 Å². The summed E-state index contributed by atoms with van der Waals surface area (Å²) in [6.07, 6.45) is -7.68. The van der Waals surface area contributed by atoms with Gasteiger partial charge in [0, 0.05) is 12.1 Å². The highest BCUT2D eigenvalue weighted by Gasteiger charge is 2.38. The molecule has 0 aliphatic heterocycles. The number of hydrogen-bond acceptors (Lipinski definition) is 5. The van der Waals surface area contributed by atoms with Crippen molar-refractivity contribution in [1.29, 1.82) is 0 Å². The minimum absolute atomic E-state index is 0.140. The second-order valence-corrected chi connectivity index (χ2v) is 5.18. The van der Waals surface area contributed by atoms with Gasteiger partial charge in [-0.3, -0.25) is 20.2 Å². The van der Waals surface area contributed by atoms with E-state index in [0.29, 0.717) is 18.3 Å². The SMILES string of the molecule is O=[N+]([O-])/C=C/c1cccc(C(F)(F)F)c1.O=[N+]([O-])c1ccc(O)cc1C(F)(F)F. The zero-order valence-electron chi connectivity index (χ0n) is 13.9. The maximum absolute atomic E-state index is 12.2. The Kier molecular flexibility index (Phi) is 7.29. The molecule has 0 amide bonds. The third-order valence-electron chi connectivity index (χ3n) is 3.08. The van der Waals surface area contributed by atoms with E-state index in [9.17, 15) is 46.6 Å². The topological polar surface area (TPSA) is 107 Å². The molecule has 156 valence electrons. The van der Waals surface area contributed by atoms with Crippen molar-refractivity contribution in [3.63, 3.8) is 0 Å². The number of hydrogen-bond donors (Lipinski definition) is 1. The maximum Gasteiger partial charge on any atom is 0.423 e. The minimum Gasteiger partial charge on any atom is -0.508 e. The number of phenolic OH excluding ortho intramolecular Hbond substituents is 1. The van der Waals surface area contributed by atoms with Crippen molar-refractivity contribution in [2.24, 2.45) is 0 Å². The van der Waals surface area contributed by atoms with Crippen LogP contribution < -0.4 is 0 Å². The Hall–Kier alpha value is -3.64. The van der Waals surface area contributed by atoms with E-state index < -0.39 is 44.8 Å². The number of benzene rings is 2. The summed E-state index contributed by atoms with van der Waals surface area (Å²) < 4.78 is 73.1. The Bertz CT molecular complexity index is 925. The molecule has 0 aliphatic carbocycles. The Labute approximate surface area is 157 Å². The molecular formula is C16H10F6N2O5. The summed E-state index contributed by atoms with van der Waals surface area (Å²) in [6.45, 7) is 0. The molecule has 0 unspecified atom stereocenters. The quantitative estimate of drug-likeness (QED) is 0.410. The average Bonchev–Trinajstić information content (AvgIpc) is 2.59. The van der Waals surface area contributed by atoms with Crippen molar-refractivity contribution in [3.05, 3.63) is 85.6 Å². The minimum atomic E-state index is -4.85. The second kappa shape index (κ2) is 9.03. The molecule has 0 fully saturated rings. The van der Waals surface area contributed by atoms with Gasteiger partial charge in [0.15, 0.2) is 0 Å². The lowest BCUT2D eigenvalue weighted by molar-refractivity contribution is -0.400. The molecule has 0 aliphatic rings. The van der Waals surface area contributed by atoms with E-state index in [1.165, 1.54) is 12.1 Å². The zero-order valence-corrected chi connectivity index (χ0v) is 13.9. The number of halogens is 6. The molecule has 0 spiro atoms. The van der Waals surface area contributed by atoms with Crippen LogP contribution in [0.15, 0.2) is 48.7 Å².